The number of aromatic nitrogens is 6. The van der Waals surface area contributed by atoms with Crippen molar-refractivity contribution in [2.24, 2.45) is 0 Å². The Bertz CT molecular complexity index is 3810. The summed E-state index contributed by atoms with van der Waals surface area (Å²) < 4.78 is 7.26. The summed E-state index contributed by atoms with van der Waals surface area (Å²) in [6.07, 6.45) is 9.60. The van der Waals surface area contributed by atoms with E-state index < -0.39 is 33.9 Å². The summed E-state index contributed by atoms with van der Waals surface area (Å²) in [5.41, 5.74) is 22.0. The van der Waals surface area contributed by atoms with Gasteiger partial charge in [0.25, 0.3) is 11.9 Å². The number of halogens is 1. The molecule has 96 heavy (non-hydrogen) atoms. The fraction of sp³-hybridized carbons (Fsp3) is 0.186. The first-order valence-electron chi connectivity index (χ1n) is 29.4. The number of nitrogen functional groups attached to an aromatic ring is 3. The maximum absolute atomic E-state index is 9.00. The number of nitrogens with zero attached hydrogens (tertiary/aromatic N) is 6. The molecule has 6 aromatic carbocycles. The molecule has 1 aliphatic heterocycles. The molecule has 490 valence electrons. The van der Waals surface area contributed by atoms with Gasteiger partial charge in [-0.1, -0.05) is 172 Å². The van der Waals surface area contributed by atoms with Crippen molar-refractivity contribution >= 4 is 118 Å². The van der Waals surface area contributed by atoms with E-state index in [4.69, 9.17) is 68.3 Å². The first-order chi connectivity index (χ1) is 44.6. The number of fused-ring (bicyclic) bond motifs is 2. The van der Waals surface area contributed by atoms with E-state index in [1.807, 2.05) is 26.0 Å². The minimum Gasteiger partial charge on any atom is -0.565 e. The number of nitrogens with two attached hydrogens (primary N) is 3. The van der Waals surface area contributed by atoms with Crippen molar-refractivity contribution in [3.63, 3.8) is 0 Å². The van der Waals surface area contributed by atoms with Crippen LogP contribution in [0.5, 0.6) is 11.5 Å². The average molecular weight is 1680 g/mol. The quantitative estimate of drug-likeness (QED) is 0.0439. The zero-order chi connectivity index (χ0) is 67.0. The van der Waals surface area contributed by atoms with Gasteiger partial charge in [0.2, 0.25) is 17.4 Å². The number of carboxylic acids is 2. The Hall–Kier alpha value is -5.49. The fourth-order valence-electron chi connectivity index (χ4n) is 9.14. The monoisotopic (exact) mass is 1680 g/mol. The summed E-state index contributed by atoms with van der Waals surface area (Å²) in [6.45, 7) is 10.8. The molecule has 2 fully saturated rings. The Labute approximate surface area is 698 Å². The van der Waals surface area contributed by atoms with Crippen molar-refractivity contribution in [1.29, 1.82) is 0 Å². The molecular formula is C70H74ClCs2N12O8P2Pd+. The second kappa shape index (κ2) is 41.8. The van der Waals surface area contributed by atoms with Crippen LogP contribution in [-0.4, -0.2) is 75.4 Å². The van der Waals surface area contributed by atoms with Crippen LogP contribution < -0.4 is 213 Å². The van der Waals surface area contributed by atoms with Gasteiger partial charge in [0, 0.05) is 109 Å². The van der Waals surface area contributed by atoms with Crippen LogP contribution in [0.1, 0.15) is 75.6 Å². The van der Waals surface area contributed by atoms with Gasteiger partial charge >= 0.3 is 138 Å². The number of pyridine rings is 2. The van der Waals surface area contributed by atoms with Crippen molar-refractivity contribution in [1.82, 2.24) is 29.9 Å². The number of rotatable bonds is 12. The summed E-state index contributed by atoms with van der Waals surface area (Å²) >= 11 is 5.66. The van der Waals surface area contributed by atoms with E-state index in [1.54, 1.807) is 36.9 Å². The standard InChI is InChI=1S/C39H32OP2.C13H16N6.C8H10ClN3.C5H7N3.2C2H4O2.CH2O3.2Cs.Pd/c1-39(2)33-25-15-27-35(41(29-17-7-3-8-18-29)30-19-9-4-10-20-30)37(33)40-38-34(39)26-16-28-36(38)42(31-21-11-5-12-22-31)32-23-13-6-14-24-32;1-8-7-16-13(19-12(8)17-9-4-5-9)18-10-3-2-6-15-11(10)14;1-5-4-10-8(9)12-7(5)11-6-2-3-6;6-4-2-1-3-8-5(4)7;2*1-2(3)4;2-1(3)4;;;/h3-28H,1-2H3;2-3,6-7,9H,4-5H2,1H3,(H2,14,15)(H2,16,17,18,19);4,6H,2-3H2,1H3,(H,10,11,12);1-3H,6H2,(H2,7,8);2*1H3,(H,3,4);(H2,2,3,4);;;/q;;;;;;;2*+1;/p-1. The number of carbonyl (C=O) groups is 3. The zero-order valence-corrected chi connectivity index (χ0v) is 71.2. The van der Waals surface area contributed by atoms with Gasteiger partial charge in [0.1, 0.15) is 34.8 Å². The minimum absolute atomic E-state index is 0. The molecule has 2 aliphatic carbocycles. The molecule has 0 amide bonds. The maximum Gasteiger partial charge on any atom is 1.00 e. The number of hydrogen-bond donors (Lipinski definition) is 9. The molecule has 12 N–H and O–H groups in total. The molecule has 0 radical (unpaired) electrons. The summed E-state index contributed by atoms with van der Waals surface area (Å²) in [4.78, 5) is 50.9. The number of anilines is 7. The molecule has 5 heterocycles. The topological polar surface area (TPSA) is 336 Å². The number of aryl methyl sites for hydroxylation is 2. The molecule has 0 atom stereocenters. The molecule has 4 aromatic heterocycles. The third-order valence-corrected chi connectivity index (χ3v) is 18.9. The van der Waals surface area contributed by atoms with Crippen LogP contribution in [0.4, 0.5) is 45.4 Å². The molecule has 0 spiro atoms. The molecule has 0 bridgehead atoms. The molecule has 3 aliphatic rings. The molecule has 10 aromatic rings. The van der Waals surface area contributed by atoms with Crippen LogP contribution in [0, 0.1) is 13.8 Å². The van der Waals surface area contributed by atoms with Gasteiger partial charge in [-0.05, 0) is 112 Å². The third kappa shape index (κ3) is 26.3. The van der Waals surface area contributed by atoms with Crippen LogP contribution in [0.3, 0.4) is 0 Å². The van der Waals surface area contributed by atoms with E-state index in [0.717, 1.165) is 48.1 Å². The Morgan fingerprint density at radius 1 is 0.542 bits per heavy atom. The Morgan fingerprint density at radius 3 is 1.26 bits per heavy atom. The van der Waals surface area contributed by atoms with Gasteiger partial charge in [-0.3, -0.25) is 9.59 Å². The van der Waals surface area contributed by atoms with Gasteiger partial charge in [-0.25, -0.2) is 24.9 Å². The largest absolute Gasteiger partial charge is 1.00 e. The predicted molar refractivity (Wildman–Crippen MR) is 374 cm³/mol. The smallest absolute Gasteiger partial charge is 0.565 e. The second-order valence-corrected chi connectivity index (χ2v) is 26.3. The van der Waals surface area contributed by atoms with E-state index in [2.05, 4.69) is 217 Å². The fourth-order valence-corrected chi connectivity index (χ4v) is 14.1. The van der Waals surface area contributed by atoms with Gasteiger partial charge in [0.05, 0.1) is 11.4 Å². The number of aliphatic carboxylic acids is 2. The van der Waals surface area contributed by atoms with Gasteiger partial charge in [0.15, 0.2) is 0 Å². The van der Waals surface area contributed by atoms with E-state index in [9.17, 15) is 0 Å². The van der Waals surface area contributed by atoms with Crippen molar-refractivity contribution in [3.05, 3.63) is 234 Å². The molecule has 26 heteroatoms. The summed E-state index contributed by atoms with van der Waals surface area (Å²) in [5.74, 6) is 3.46. The molecule has 0 saturated heterocycles. The number of carboxylic acid groups (broad SMARTS) is 4. The first-order valence-corrected chi connectivity index (χ1v) is 32.5. The number of nitrogens with one attached hydrogen (secondary N) is 3. The van der Waals surface area contributed by atoms with Crippen LogP contribution in [0.2, 0.25) is 5.28 Å². The number of para-hydroxylation sites is 2. The number of benzene rings is 6. The van der Waals surface area contributed by atoms with Crippen molar-refractivity contribution in [3.8, 4) is 11.5 Å². The molecule has 13 rings (SSSR count). The van der Waals surface area contributed by atoms with E-state index >= 15 is 0 Å². The summed E-state index contributed by atoms with van der Waals surface area (Å²) in [7, 11) is -1.65. The van der Waals surface area contributed by atoms with E-state index in [0.29, 0.717) is 46.3 Å². The van der Waals surface area contributed by atoms with Gasteiger partial charge in [-0.2, -0.15) is 4.98 Å². The summed E-state index contributed by atoms with van der Waals surface area (Å²) in [6, 6.07) is 65.4. The van der Waals surface area contributed by atoms with Crippen LogP contribution in [-0.2, 0) is 35.4 Å². The molecule has 0 unspecified atom stereocenters. The number of hydrogen-bond acceptors (Lipinski definition) is 17. The first kappa shape index (κ1) is 82.9. The van der Waals surface area contributed by atoms with Gasteiger partial charge in [-0.15, -0.1) is 0 Å². The zero-order valence-electron chi connectivity index (χ0n) is 54.5. The van der Waals surface area contributed by atoms with Crippen molar-refractivity contribution < 1.29 is 198 Å². The number of ether oxygens (including phenoxy) is 1. The minimum atomic E-state index is -2.08. The van der Waals surface area contributed by atoms with Crippen molar-refractivity contribution in [2.75, 3.05) is 33.2 Å². The predicted octanol–water partition coefficient (Wildman–Crippen LogP) is 5.05. The normalized spacial score (nSPS) is 12.2. The molecular weight excluding hydrogens is 1610 g/mol. The Morgan fingerprint density at radius 2 is 0.906 bits per heavy atom. The van der Waals surface area contributed by atoms with Crippen LogP contribution in [0.25, 0.3) is 0 Å². The molecule has 2 saturated carbocycles. The maximum atomic E-state index is 9.00. The second-order valence-electron chi connectivity index (χ2n) is 21.6. The summed E-state index contributed by atoms with van der Waals surface area (Å²) in [5, 5.41) is 48.0. The van der Waals surface area contributed by atoms with Crippen LogP contribution in [0.15, 0.2) is 207 Å². The molecule has 20 nitrogen and oxygen atoms in total. The van der Waals surface area contributed by atoms with Gasteiger partial charge < -0.3 is 63.1 Å². The Kier molecular flexibility index (Phi) is 36.1. The van der Waals surface area contributed by atoms with Crippen molar-refractivity contribution in [2.45, 2.75) is 84.7 Å². The van der Waals surface area contributed by atoms with E-state index in [-0.39, 0.29) is 164 Å². The average Bonchev–Trinajstić information content (AvgIpc) is 1.67. The Balaban J connectivity index is 0.000000298. The SMILES string of the molecule is CC(=O)O.CC(=O)O.CC1(C)c2cccc(P(c3ccccc3)c3ccccc3)c2Oc2c(P(c3ccccc3)c3ccccc3)cccc21.Cc1cnc(Cl)nc1NC1CC1.Cc1cnc(Nc2cccnc2N)nc1NC1CC1.Nc1cccnc1N.O=C([O-])O.[Cs+].[Cs+].[Pd]. The van der Waals surface area contributed by atoms with Crippen LogP contribution >= 0.6 is 27.4 Å². The third-order valence-electron chi connectivity index (χ3n) is 13.8. The van der Waals surface area contributed by atoms with E-state index in [1.165, 1.54) is 68.6 Å².